The van der Waals surface area contributed by atoms with Gasteiger partial charge in [-0.05, 0) is 31.5 Å². The number of guanidine groups is 1. The summed E-state index contributed by atoms with van der Waals surface area (Å²) < 4.78 is 57.8. The first-order valence-electron chi connectivity index (χ1n) is 8.86. The molecule has 10 heteroatoms. The first-order valence-corrected chi connectivity index (χ1v) is 8.86. The van der Waals surface area contributed by atoms with Gasteiger partial charge in [0.2, 0.25) is 0 Å². The molecule has 0 spiro atoms. The van der Waals surface area contributed by atoms with Crippen LogP contribution in [0.5, 0.6) is 0 Å². The van der Waals surface area contributed by atoms with E-state index in [1.807, 2.05) is 0 Å². The molecule has 2 atom stereocenters. The lowest BCUT2D eigenvalue weighted by molar-refractivity contribution is -0.138. The van der Waals surface area contributed by atoms with Crippen LogP contribution in [-0.4, -0.2) is 56.3 Å². The lowest BCUT2D eigenvalue weighted by Gasteiger charge is -2.38. The van der Waals surface area contributed by atoms with E-state index in [-0.39, 0.29) is 42.1 Å². The fraction of sp³-hybridized carbons (Fsp3) is 0.611. The second kappa shape index (κ2) is 11.1. The van der Waals surface area contributed by atoms with E-state index in [1.165, 1.54) is 0 Å². The molecule has 160 valence electrons. The van der Waals surface area contributed by atoms with Crippen LogP contribution in [-0.2, 0) is 17.5 Å². The maximum Gasteiger partial charge on any atom is 0.416 e. The quantitative estimate of drug-likeness (QED) is 0.272. The highest BCUT2D eigenvalue weighted by Gasteiger charge is 2.33. The Morgan fingerprint density at radius 2 is 2.07 bits per heavy atom. The molecule has 2 N–H and O–H groups in total. The van der Waals surface area contributed by atoms with E-state index in [0.717, 1.165) is 18.7 Å². The molecule has 1 heterocycles. The molecule has 0 aliphatic carbocycles. The maximum atomic E-state index is 13.2. The third-order valence-corrected chi connectivity index (χ3v) is 4.60. The first kappa shape index (κ1) is 24.9. The highest BCUT2D eigenvalue weighted by molar-refractivity contribution is 14.0. The van der Waals surface area contributed by atoms with Crippen LogP contribution in [0.3, 0.4) is 0 Å². The van der Waals surface area contributed by atoms with Crippen LogP contribution in [0.25, 0.3) is 0 Å². The lowest BCUT2D eigenvalue weighted by Crippen LogP contribution is -2.53. The van der Waals surface area contributed by atoms with E-state index in [1.54, 1.807) is 7.05 Å². The van der Waals surface area contributed by atoms with Crippen molar-refractivity contribution < 1.29 is 22.3 Å². The molecular weight excluding hydrogens is 491 g/mol. The summed E-state index contributed by atoms with van der Waals surface area (Å²) in [6.45, 7) is 6.84. The summed E-state index contributed by atoms with van der Waals surface area (Å²) in [5.41, 5.74) is -1.03. The minimum absolute atomic E-state index is 0. The van der Waals surface area contributed by atoms with Crippen LogP contribution in [0.15, 0.2) is 23.2 Å². The SMILES string of the molecule is CN=C(NCc1ccc(F)cc1C(F)(F)F)NCC(C)N1CCOCC1C.I. The number of benzene rings is 1. The third-order valence-electron chi connectivity index (χ3n) is 4.60. The van der Waals surface area contributed by atoms with Gasteiger partial charge in [-0.1, -0.05) is 6.07 Å². The Morgan fingerprint density at radius 1 is 1.36 bits per heavy atom. The Labute approximate surface area is 179 Å². The van der Waals surface area contributed by atoms with Crippen molar-refractivity contribution in [3.63, 3.8) is 0 Å². The Hall–Kier alpha value is -1.14. The number of hydrogen-bond donors (Lipinski definition) is 2. The van der Waals surface area contributed by atoms with Crippen LogP contribution in [0.2, 0.25) is 0 Å². The summed E-state index contributed by atoms with van der Waals surface area (Å²) in [7, 11) is 1.55. The van der Waals surface area contributed by atoms with Gasteiger partial charge < -0.3 is 15.4 Å². The third kappa shape index (κ3) is 7.03. The first-order chi connectivity index (χ1) is 12.7. The molecule has 1 aromatic carbocycles. The number of morpholine rings is 1. The number of aliphatic imine (C=N–C) groups is 1. The largest absolute Gasteiger partial charge is 0.416 e. The number of hydrogen-bond acceptors (Lipinski definition) is 3. The standard InChI is InChI=1S/C18H26F4N4O.HI/c1-12(26-6-7-27-11-13(26)2)9-24-17(23-3)25-10-14-4-5-15(19)8-16(14)18(20,21)22;/h4-5,8,12-13H,6-7,9-11H2,1-3H3,(H2,23,24,25);1H. The molecule has 0 amide bonds. The van der Waals surface area contributed by atoms with Gasteiger partial charge in [-0.15, -0.1) is 24.0 Å². The van der Waals surface area contributed by atoms with Crippen molar-refractivity contribution in [1.29, 1.82) is 0 Å². The summed E-state index contributed by atoms with van der Waals surface area (Å²) in [6.07, 6.45) is -4.61. The normalized spacial score (nSPS) is 19.7. The van der Waals surface area contributed by atoms with Crippen LogP contribution in [0.4, 0.5) is 17.6 Å². The molecule has 5 nitrogen and oxygen atoms in total. The highest BCUT2D eigenvalue weighted by Crippen LogP contribution is 2.32. The van der Waals surface area contributed by atoms with Crippen molar-refractivity contribution in [2.24, 2.45) is 4.99 Å². The van der Waals surface area contributed by atoms with E-state index in [9.17, 15) is 17.6 Å². The van der Waals surface area contributed by atoms with Crippen molar-refractivity contribution in [2.75, 3.05) is 33.4 Å². The second-order valence-electron chi connectivity index (χ2n) is 6.62. The van der Waals surface area contributed by atoms with Crippen LogP contribution < -0.4 is 10.6 Å². The molecule has 2 unspecified atom stereocenters. The minimum atomic E-state index is -4.61. The van der Waals surface area contributed by atoms with Gasteiger partial charge in [0, 0.05) is 38.8 Å². The van der Waals surface area contributed by atoms with E-state index in [0.29, 0.717) is 37.8 Å². The molecule has 28 heavy (non-hydrogen) atoms. The zero-order valence-corrected chi connectivity index (χ0v) is 18.5. The molecule has 1 aliphatic heterocycles. The molecule has 1 fully saturated rings. The predicted octanol–water partition coefficient (Wildman–Crippen LogP) is 3.24. The summed E-state index contributed by atoms with van der Waals surface area (Å²) >= 11 is 0. The van der Waals surface area contributed by atoms with Crippen molar-refractivity contribution in [2.45, 2.75) is 38.7 Å². The number of ether oxygens (including phenoxy) is 1. The maximum absolute atomic E-state index is 13.2. The Morgan fingerprint density at radius 3 is 2.68 bits per heavy atom. The number of nitrogens with zero attached hydrogens (tertiary/aromatic N) is 2. The highest BCUT2D eigenvalue weighted by atomic mass is 127. The summed E-state index contributed by atoms with van der Waals surface area (Å²) in [5, 5.41) is 5.99. The molecule has 0 saturated carbocycles. The van der Waals surface area contributed by atoms with Crippen LogP contribution in [0, 0.1) is 5.82 Å². The average molecular weight is 518 g/mol. The van der Waals surface area contributed by atoms with Gasteiger partial charge in [0.15, 0.2) is 5.96 Å². The number of halogens is 5. The molecular formula is C18H27F4IN4O. The number of rotatable bonds is 5. The lowest BCUT2D eigenvalue weighted by atomic mass is 10.1. The van der Waals surface area contributed by atoms with Gasteiger partial charge in [0.1, 0.15) is 5.82 Å². The zero-order chi connectivity index (χ0) is 20.0. The molecule has 1 aliphatic rings. The van der Waals surface area contributed by atoms with E-state index >= 15 is 0 Å². The van der Waals surface area contributed by atoms with Crippen molar-refractivity contribution in [3.05, 3.63) is 35.1 Å². The Balaban J connectivity index is 0.00000392. The van der Waals surface area contributed by atoms with Crippen molar-refractivity contribution in [3.8, 4) is 0 Å². The average Bonchev–Trinajstić information content (AvgIpc) is 2.62. The predicted molar refractivity (Wildman–Crippen MR) is 111 cm³/mol. The van der Waals surface area contributed by atoms with Gasteiger partial charge >= 0.3 is 6.18 Å². The van der Waals surface area contributed by atoms with Gasteiger partial charge in [-0.3, -0.25) is 9.89 Å². The van der Waals surface area contributed by atoms with Gasteiger partial charge in [-0.25, -0.2) is 4.39 Å². The summed E-state index contributed by atoms with van der Waals surface area (Å²) in [5.74, 6) is -0.526. The van der Waals surface area contributed by atoms with Gasteiger partial charge in [-0.2, -0.15) is 13.2 Å². The summed E-state index contributed by atoms with van der Waals surface area (Å²) in [4.78, 5) is 6.36. The minimum Gasteiger partial charge on any atom is -0.379 e. The van der Waals surface area contributed by atoms with Gasteiger partial charge in [0.05, 0.1) is 18.8 Å². The number of nitrogens with one attached hydrogen (secondary N) is 2. The Bertz CT molecular complexity index is 657. The number of alkyl halides is 3. The van der Waals surface area contributed by atoms with E-state index in [2.05, 4.69) is 34.4 Å². The zero-order valence-electron chi connectivity index (χ0n) is 16.1. The fourth-order valence-corrected chi connectivity index (χ4v) is 3.12. The Kier molecular flexibility index (Phi) is 9.91. The topological polar surface area (TPSA) is 48.9 Å². The van der Waals surface area contributed by atoms with Gasteiger partial charge in [0.25, 0.3) is 0 Å². The smallest absolute Gasteiger partial charge is 0.379 e. The van der Waals surface area contributed by atoms with Crippen LogP contribution in [0.1, 0.15) is 25.0 Å². The van der Waals surface area contributed by atoms with E-state index in [4.69, 9.17) is 4.74 Å². The monoisotopic (exact) mass is 518 g/mol. The van der Waals surface area contributed by atoms with Crippen molar-refractivity contribution in [1.82, 2.24) is 15.5 Å². The molecule has 1 saturated heterocycles. The second-order valence-corrected chi connectivity index (χ2v) is 6.62. The summed E-state index contributed by atoms with van der Waals surface area (Å²) in [6, 6.07) is 3.17. The fourth-order valence-electron chi connectivity index (χ4n) is 3.12. The van der Waals surface area contributed by atoms with Crippen molar-refractivity contribution >= 4 is 29.9 Å². The molecule has 0 radical (unpaired) electrons. The van der Waals surface area contributed by atoms with Crippen LogP contribution >= 0.6 is 24.0 Å². The molecule has 0 bridgehead atoms. The molecule has 2 rings (SSSR count). The molecule has 0 aromatic heterocycles. The molecule has 1 aromatic rings. The van der Waals surface area contributed by atoms with E-state index < -0.39 is 17.6 Å².